The molecule has 0 spiro atoms. The predicted molar refractivity (Wildman–Crippen MR) is 93.2 cm³/mol. The van der Waals surface area contributed by atoms with Crippen LogP contribution in [0.2, 0.25) is 0 Å². The Balaban J connectivity index is 3.89. The van der Waals surface area contributed by atoms with Gasteiger partial charge in [-0.15, -0.1) is 0 Å². The van der Waals surface area contributed by atoms with E-state index in [1.807, 2.05) is 6.92 Å². The molecule has 0 saturated carbocycles. The molecule has 0 heterocycles. The smallest absolute Gasteiger partial charge is 0.306 e. The van der Waals surface area contributed by atoms with Gasteiger partial charge in [0.05, 0.1) is 0 Å². The van der Waals surface area contributed by atoms with Gasteiger partial charge in [0.2, 0.25) is 0 Å². The van der Waals surface area contributed by atoms with Crippen molar-refractivity contribution in [2.75, 3.05) is 13.2 Å². The second-order valence-corrected chi connectivity index (χ2v) is 6.25. The van der Waals surface area contributed by atoms with Gasteiger partial charge < -0.3 is 9.47 Å². The summed E-state index contributed by atoms with van der Waals surface area (Å²) in [6.45, 7) is 6.65. The molecule has 0 aromatic heterocycles. The Morgan fingerprint density at radius 2 is 1.35 bits per heavy atom. The van der Waals surface area contributed by atoms with Crippen LogP contribution in [0.5, 0.6) is 0 Å². The molecule has 0 saturated heterocycles. The zero-order chi connectivity index (χ0) is 17.3. The van der Waals surface area contributed by atoms with Crippen molar-refractivity contribution in [3.8, 4) is 0 Å². The number of unbranched alkanes of at least 4 members (excludes halogenated alkanes) is 4. The molecular formula is C19H36O4. The third-order valence-electron chi connectivity index (χ3n) is 3.95. The van der Waals surface area contributed by atoms with Gasteiger partial charge in [-0.3, -0.25) is 9.59 Å². The molecule has 1 unspecified atom stereocenters. The molecule has 23 heavy (non-hydrogen) atoms. The summed E-state index contributed by atoms with van der Waals surface area (Å²) in [7, 11) is 0. The first kappa shape index (κ1) is 21.9. The monoisotopic (exact) mass is 328 g/mol. The summed E-state index contributed by atoms with van der Waals surface area (Å²) in [6.07, 6.45) is 11.2. The summed E-state index contributed by atoms with van der Waals surface area (Å²) >= 11 is 0. The van der Waals surface area contributed by atoms with Gasteiger partial charge in [-0.2, -0.15) is 0 Å². The molecular weight excluding hydrogens is 292 g/mol. The lowest BCUT2D eigenvalue weighted by Gasteiger charge is -2.16. The van der Waals surface area contributed by atoms with E-state index in [1.54, 1.807) is 0 Å². The lowest BCUT2D eigenvalue weighted by molar-refractivity contribution is -0.153. The number of hydrogen-bond donors (Lipinski definition) is 0. The van der Waals surface area contributed by atoms with Crippen LogP contribution in [0.3, 0.4) is 0 Å². The van der Waals surface area contributed by atoms with Gasteiger partial charge in [-0.25, -0.2) is 0 Å². The molecule has 0 aliphatic carbocycles. The standard InChI is InChI=1S/C19H36O4/c1-4-7-9-10-13-17(12-8-5-2)16-19(21)23-15-14-22-18(20)11-6-3/h17H,4-16H2,1-3H3. The van der Waals surface area contributed by atoms with Crippen molar-refractivity contribution in [2.24, 2.45) is 5.92 Å². The van der Waals surface area contributed by atoms with Gasteiger partial charge in [-0.05, 0) is 25.2 Å². The van der Waals surface area contributed by atoms with Crippen LogP contribution in [0.25, 0.3) is 0 Å². The first-order valence-electron chi connectivity index (χ1n) is 9.45. The van der Waals surface area contributed by atoms with Crippen molar-refractivity contribution in [2.45, 2.75) is 91.4 Å². The Morgan fingerprint density at radius 1 is 0.739 bits per heavy atom. The fourth-order valence-electron chi connectivity index (χ4n) is 2.58. The highest BCUT2D eigenvalue weighted by Gasteiger charge is 2.14. The molecule has 4 heteroatoms. The van der Waals surface area contributed by atoms with Crippen molar-refractivity contribution < 1.29 is 19.1 Å². The summed E-state index contributed by atoms with van der Waals surface area (Å²) in [4.78, 5) is 23.1. The molecule has 0 amide bonds. The Labute approximate surface area is 142 Å². The summed E-state index contributed by atoms with van der Waals surface area (Å²) < 4.78 is 10.2. The van der Waals surface area contributed by atoms with Crippen LogP contribution in [0.15, 0.2) is 0 Å². The molecule has 4 nitrogen and oxygen atoms in total. The second-order valence-electron chi connectivity index (χ2n) is 6.25. The van der Waals surface area contributed by atoms with Gasteiger partial charge in [0.25, 0.3) is 0 Å². The van der Waals surface area contributed by atoms with E-state index in [0.717, 1.165) is 25.7 Å². The quantitative estimate of drug-likeness (QED) is 0.312. The molecule has 0 aliphatic heterocycles. The lowest BCUT2D eigenvalue weighted by atomic mass is 9.92. The lowest BCUT2D eigenvalue weighted by Crippen LogP contribution is -2.16. The predicted octanol–water partition coefficient (Wildman–Crippen LogP) is 5.04. The van der Waals surface area contributed by atoms with Gasteiger partial charge in [-0.1, -0.05) is 59.3 Å². The first-order valence-corrected chi connectivity index (χ1v) is 9.45. The van der Waals surface area contributed by atoms with Crippen molar-refractivity contribution in [3.05, 3.63) is 0 Å². The van der Waals surface area contributed by atoms with Crippen molar-refractivity contribution >= 4 is 11.9 Å². The summed E-state index contributed by atoms with van der Waals surface area (Å²) in [5.41, 5.74) is 0. The average molecular weight is 328 g/mol. The zero-order valence-electron chi connectivity index (χ0n) is 15.4. The van der Waals surface area contributed by atoms with Gasteiger partial charge in [0.15, 0.2) is 0 Å². The van der Waals surface area contributed by atoms with Crippen LogP contribution < -0.4 is 0 Å². The Hall–Kier alpha value is -1.06. The highest BCUT2D eigenvalue weighted by molar-refractivity contribution is 5.70. The molecule has 136 valence electrons. The molecule has 0 rings (SSSR count). The minimum absolute atomic E-state index is 0.159. The third-order valence-corrected chi connectivity index (χ3v) is 3.95. The van der Waals surface area contributed by atoms with Crippen LogP contribution in [0, 0.1) is 5.92 Å². The van der Waals surface area contributed by atoms with E-state index < -0.39 is 0 Å². The number of carbonyl (C=O) groups excluding carboxylic acids is 2. The maximum atomic E-state index is 11.9. The third kappa shape index (κ3) is 14.3. The van der Waals surface area contributed by atoms with E-state index in [4.69, 9.17) is 9.47 Å². The molecule has 0 aliphatic rings. The molecule has 0 bridgehead atoms. The summed E-state index contributed by atoms with van der Waals surface area (Å²) in [5, 5.41) is 0. The van der Waals surface area contributed by atoms with E-state index in [2.05, 4.69) is 13.8 Å². The summed E-state index contributed by atoms with van der Waals surface area (Å²) in [6, 6.07) is 0. The van der Waals surface area contributed by atoms with Crippen LogP contribution in [0.4, 0.5) is 0 Å². The van der Waals surface area contributed by atoms with Crippen LogP contribution >= 0.6 is 0 Å². The Bertz CT molecular complexity index is 302. The molecule has 1 atom stereocenters. The Morgan fingerprint density at radius 3 is 1.96 bits per heavy atom. The molecule has 0 fully saturated rings. The number of carbonyl (C=O) groups is 2. The molecule has 0 N–H and O–H groups in total. The molecule has 0 aromatic carbocycles. The number of ether oxygens (including phenoxy) is 2. The number of esters is 2. The SMILES string of the molecule is CCCCCCC(CCCC)CC(=O)OCCOC(=O)CCC. The van der Waals surface area contributed by atoms with E-state index in [0.29, 0.717) is 18.8 Å². The van der Waals surface area contributed by atoms with E-state index in [1.165, 1.54) is 32.1 Å². The van der Waals surface area contributed by atoms with E-state index >= 15 is 0 Å². The maximum absolute atomic E-state index is 11.9. The van der Waals surface area contributed by atoms with Crippen molar-refractivity contribution in [1.82, 2.24) is 0 Å². The second kappa shape index (κ2) is 15.8. The van der Waals surface area contributed by atoms with Crippen LogP contribution in [0.1, 0.15) is 91.4 Å². The largest absolute Gasteiger partial charge is 0.462 e. The molecule has 0 radical (unpaired) electrons. The minimum atomic E-state index is -0.222. The highest BCUT2D eigenvalue weighted by Crippen LogP contribution is 2.21. The maximum Gasteiger partial charge on any atom is 0.306 e. The van der Waals surface area contributed by atoms with Gasteiger partial charge in [0.1, 0.15) is 13.2 Å². The minimum Gasteiger partial charge on any atom is -0.462 e. The fraction of sp³-hybridized carbons (Fsp3) is 0.895. The fourth-order valence-corrected chi connectivity index (χ4v) is 2.58. The normalized spacial score (nSPS) is 12.0. The first-order chi connectivity index (χ1) is 11.1. The van der Waals surface area contributed by atoms with Crippen molar-refractivity contribution in [3.63, 3.8) is 0 Å². The topological polar surface area (TPSA) is 52.6 Å². The van der Waals surface area contributed by atoms with Crippen molar-refractivity contribution in [1.29, 1.82) is 0 Å². The van der Waals surface area contributed by atoms with Gasteiger partial charge in [0, 0.05) is 12.8 Å². The van der Waals surface area contributed by atoms with E-state index in [9.17, 15) is 9.59 Å². The highest BCUT2D eigenvalue weighted by atomic mass is 16.6. The summed E-state index contributed by atoms with van der Waals surface area (Å²) in [5.74, 6) is 0.0513. The number of hydrogen-bond acceptors (Lipinski definition) is 4. The Kier molecular flexibility index (Phi) is 15.1. The van der Waals surface area contributed by atoms with Crippen LogP contribution in [-0.2, 0) is 19.1 Å². The molecule has 0 aromatic rings. The zero-order valence-corrected chi connectivity index (χ0v) is 15.4. The average Bonchev–Trinajstić information content (AvgIpc) is 2.53. The van der Waals surface area contributed by atoms with Gasteiger partial charge >= 0.3 is 11.9 Å². The van der Waals surface area contributed by atoms with Crippen LogP contribution in [-0.4, -0.2) is 25.2 Å². The van der Waals surface area contributed by atoms with E-state index in [-0.39, 0.29) is 25.2 Å². The number of rotatable bonds is 15.